The van der Waals surface area contributed by atoms with Gasteiger partial charge in [-0.25, -0.2) is 14.4 Å². The number of rotatable bonds is 8. The second kappa shape index (κ2) is 10.2. The smallest absolute Gasteiger partial charge is 0.255 e. The first-order valence-corrected chi connectivity index (χ1v) is 13.1. The van der Waals surface area contributed by atoms with Gasteiger partial charge in [-0.15, -0.1) is 0 Å². The molecule has 206 valence electrons. The largest absolute Gasteiger partial charge is 0.496 e. The number of hydrogen-bond acceptors (Lipinski definition) is 6. The van der Waals surface area contributed by atoms with Crippen LogP contribution < -0.4 is 15.8 Å². The minimum atomic E-state index is -0.641. The average molecular weight is 551 g/mol. The van der Waals surface area contributed by atoms with E-state index in [1.54, 1.807) is 37.7 Å². The van der Waals surface area contributed by atoms with E-state index in [1.807, 2.05) is 31.2 Å². The van der Waals surface area contributed by atoms with E-state index in [0.717, 1.165) is 35.1 Å². The Kier molecular flexibility index (Phi) is 6.49. The van der Waals surface area contributed by atoms with Crippen molar-refractivity contribution >= 4 is 22.8 Å². The molecule has 1 aliphatic rings. The molecule has 1 saturated carbocycles. The van der Waals surface area contributed by atoms with Gasteiger partial charge in [0.2, 0.25) is 0 Å². The number of furan rings is 1. The number of carbonyl (C=O) groups excluding carboxylic acids is 2. The van der Waals surface area contributed by atoms with Crippen molar-refractivity contribution in [2.24, 2.45) is 5.73 Å². The first kappa shape index (κ1) is 26.2. The summed E-state index contributed by atoms with van der Waals surface area (Å²) in [5, 5.41) is 3.73. The van der Waals surface area contributed by atoms with Crippen LogP contribution in [0.1, 0.15) is 55.8 Å². The highest BCUT2D eigenvalue weighted by molar-refractivity contribution is 6.10. The molecule has 5 aromatic rings. The Balaban J connectivity index is 1.33. The van der Waals surface area contributed by atoms with Crippen molar-refractivity contribution in [3.8, 4) is 17.1 Å². The van der Waals surface area contributed by atoms with Crippen LogP contribution in [0.3, 0.4) is 0 Å². The van der Waals surface area contributed by atoms with Gasteiger partial charge in [0.15, 0.2) is 0 Å². The number of nitrogens with one attached hydrogen (secondary N) is 1. The Morgan fingerprint density at radius 3 is 2.46 bits per heavy atom. The lowest BCUT2D eigenvalue weighted by atomic mass is 9.95. The number of carbonyl (C=O) groups is 2. The standard InChI is InChI=1S/C32H27FN4O4/c1-18-11-27(40-2)25(31(39)37-32(9-10-32)22-15-35-17-36-16-22)14-21(18)12-19-3-8-26-24(13-19)28(30(34)38)29(41-26)20-4-6-23(33)7-5-20/h3-8,11,13-17H,9-10,12H2,1-2H3,(H2,34,38)(H,37,39). The van der Waals surface area contributed by atoms with Crippen molar-refractivity contribution in [3.63, 3.8) is 0 Å². The summed E-state index contributed by atoms with van der Waals surface area (Å²) in [5.41, 5.74) is 10.6. The molecule has 0 spiro atoms. The molecule has 0 unspecified atom stereocenters. The number of ether oxygens (including phenoxy) is 1. The lowest BCUT2D eigenvalue weighted by Gasteiger charge is -2.19. The van der Waals surface area contributed by atoms with Gasteiger partial charge in [-0.2, -0.15) is 0 Å². The molecule has 41 heavy (non-hydrogen) atoms. The number of nitrogens with zero attached hydrogens (tertiary/aromatic N) is 2. The Morgan fingerprint density at radius 1 is 1.07 bits per heavy atom. The van der Waals surface area contributed by atoms with E-state index in [-0.39, 0.29) is 11.5 Å². The average Bonchev–Trinajstić information content (AvgIpc) is 3.65. The van der Waals surface area contributed by atoms with Crippen LogP contribution in [0.5, 0.6) is 5.75 Å². The molecule has 0 atom stereocenters. The van der Waals surface area contributed by atoms with Gasteiger partial charge in [0.1, 0.15) is 29.2 Å². The molecule has 6 rings (SSSR count). The zero-order valence-corrected chi connectivity index (χ0v) is 22.5. The summed E-state index contributed by atoms with van der Waals surface area (Å²) < 4.78 is 25.0. The molecule has 0 saturated heterocycles. The summed E-state index contributed by atoms with van der Waals surface area (Å²) in [6.45, 7) is 1.96. The van der Waals surface area contributed by atoms with E-state index >= 15 is 0 Å². The number of methoxy groups -OCH3 is 1. The molecule has 9 heteroatoms. The number of fused-ring (bicyclic) bond motifs is 1. The minimum Gasteiger partial charge on any atom is -0.496 e. The maximum Gasteiger partial charge on any atom is 0.255 e. The van der Waals surface area contributed by atoms with Gasteiger partial charge >= 0.3 is 0 Å². The molecule has 1 fully saturated rings. The van der Waals surface area contributed by atoms with Crippen molar-refractivity contribution in [2.75, 3.05) is 7.11 Å². The lowest BCUT2D eigenvalue weighted by Crippen LogP contribution is -2.35. The van der Waals surface area contributed by atoms with E-state index in [0.29, 0.717) is 40.0 Å². The molecule has 2 aromatic heterocycles. The number of benzene rings is 3. The SMILES string of the molecule is COc1cc(C)c(Cc2ccc3oc(-c4ccc(F)cc4)c(C(N)=O)c3c2)cc1C(=O)NC1(c2cncnc2)CC1. The first-order chi connectivity index (χ1) is 19.8. The van der Waals surface area contributed by atoms with Crippen molar-refractivity contribution in [2.45, 2.75) is 31.7 Å². The highest BCUT2D eigenvalue weighted by Crippen LogP contribution is 2.45. The van der Waals surface area contributed by atoms with Crippen LogP contribution in [0.2, 0.25) is 0 Å². The fourth-order valence-corrected chi connectivity index (χ4v) is 5.23. The molecule has 3 aromatic carbocycles. The predicted molar refractivity (Wildman–Crippen MR) is 151 cm³/mol. The van der Waals surface area contributed by atoms with Crippen LogP contribution in [0, 0.1) is 12.7 Å². The van der Waals surface area contributed by atoms with E-state index < -0.39 is 17.3 Å². The molecule has 1 aliphatic carbocycles. The van der Waals surface area contributed by atoms with Gasteiger partial charge in [0.05, 0.1) is 23.8 Å². The van der Waals surface area contributed by atoms with E-state index in [2.05, 4.69) is 15.3 Å². The van der Waals surface area contributed by atoms with Crippen molar-refractivity contribution in [3.05, 3.63) is 113 Å². The van der Waals surface area contributed by atoms with Crippen molar-refractivity contribution < 1.29 is 23.1 Å². The van der Waals surface area contributed by atoms with Crippen molar-refractivity contribution in [1.29, 1.82) is 0 Å². The third kappa shape index (κ3) is 4.91. The van der Waals surface area contributed by atoms with Gasteiger partial charge in [0.25, 0.3) is 11.8 Å². The highest BCUT2D eigenvalue weighted by Gasteiger charge is 2.46. The van der Waals surface area contributed by atoms with Crippen molar-refractivity contribution in [1.82, 2.24) is 15.3 Å². The summed E-state index contributed by atoms with van der Waals surface area (Å²) in [7, 11) is 1.54. The van der Waals surface area contributed by atoms with E-state index in [4.69, 9.17) is 14.9 Å². The lowest BCUT2D eigenvalue weighted by molar-refractivity contribution is 0.0926. The topological polar surface area (TPSA) is 120 Å². The zero-order chi connectivity index (χ0) is 28.7. The number of primary amides is 1. The Morgan fingerprint density at radius 2 is 1.80 bits per heavy atom. The molecular weight excluding hydrogens is 523 g/mol. The summed E-state index contributed by atoms with van der Waals surface area (Å²) in [6, 6.07) is 15.0. The summed E-state index contributed by atoms with van der Waals surface area (Å²) in [6.07, 6.45) is 7.02. The molecule has 3 N–H and O–H groups in total. The normalized spacial score (nSPS) is 13.6. The Bertz CT molecular complexity index is 1790. The molecule has 2 amide bonds. The molecule has 0 radical (unpaired) electrons. The maximum atomic E-state index is 13.5. The number of aromatic nitrogens is 2. The second-order valence-electron chi connectivity index (χ2n) is 10.3. The molecular formula is C32H27FN4O4. The maximum absolute atomic E-state index is 13.5. The van der Waals surface area contributed by atoms with Gasteiger partial charge < -0.3 is 20.2 Å². The van der Waals surface area contributed by atoms with Gasteiger partial charge in [-0.05, 0) is 91.4 Å². The van der Waals surface area contributed by atoms with Gasteiger partial charge in [0, 0.05) is 28.9 Å². The van der Waals surface area contributed by atoms with E-state index in [1.165, 1.54) is 18.5 Å². The summed E-state index contributed by atoms with van der Waals surface area (Å²) in [4.78, 5) is 34.2. The fourth-order valence-electron chi connectivity index (χ4n) is 5.23. The summed E-state index contributed by atoms with van der Waals surface area (Å²) in [5.74, 6) is -0.499. The summed E-state index contributed by atoms with van der Waals surface area (Å²) >= 11 is 0. The van der Waals surface area contributed by atoms with E-state index in [9.17, 15) is 14.0 Å². The molecule has 2 heterocycles. The van der Waals surface area contributed by atoms with Gasteiger partial charge in [-0.1, -0.05) is 6.07 Å². The molecule has 0 aliphatic heterocycles. The fraction of sp³-hybridized carbons (Fsp3) is 0.188. The Labute approximate surface area is 235 Å². The Hall–Kier alpha value is -5.05. The number of aryl methyl sites for hydroxylation is 1. The van der Waals surface area contributed by atoms with Crippen LogP contribution in [-0.2, 0) is 12.0 Å². The quantitative estimate of drug-likeness (QED) is 0.265. The number of hydrogen-bond donors (Lipinski definition) is 2. The highest BCUT2D eigenvalue weighted by atomic mass is 19.1. The second-order valence-corrected chi connectivity index (χ2v) is 10.3. The monoisotopic (exact) mass is 550 g/mol. The third-order valence-corrected chi connectivity index (χ3v) is 7.62. The van der Waals surface area contributed by atoms with Crippen LogP contribution in [0.25, 0.3) is 22.3 Å². The number of halogens is 1. The van der Waals surface area contributed by atoms with Crippen LogP contribution in [0.4, 0.5) is 4.39 Å². The zero-order valence-electron chi connectivity index (χ0n) is 22.5. The van der Waals surface area contributed by atoms with Crippen LogP contribution >= 0.6 is 0 Å². The first-order valence-electron chi connectivity index (χ1n) is 13.1. The number of amides is 2. The number of nitrogens with two attached hydrogens (primary N) is 1. The predicted octanol–water partition coefficient (Wildman–Crippen LogP) is 5.45. The van der Waals surface area contributed by atoms with Crippen LogP contribution in [-0.4, -0.2) is 28.9 Å². The minimum absolute atomic E-state index is 0.236. The third-order valence-electron chi connectivity index (χ3n) is 7.62. The molecule has 8 nitrogen and oxygen atoms in total. The molecule has 0 bridgehead atoms. The van der Waals surface area contributed by atoms with Gasteiger partial charge in [-0.3, -0.25) is 9.59 Å². The van der Waals surface area contributed by atoms with Crippen LogP contribution in [0.15, 0.2) is 77.7 Å².